The van der Waals surface area contributed by atoms with Crippen LogP contribution < -0.4 is 10.9 Å². The van der Waals surface area contributed by atoms with Crippen molar-refractivity contribution in [1.29, 1.82) is 0 Å². The first-order valence-electron chi connectivity index (χ1n) is 8.44. The zero-order valence-corrected chi connectivity index (χ0v) is 15.0. The van der Waals surface area contributed by atoms with Crippen LogP contribution >= 0.6 is 0 Å². The Labute approximate surface area is 158 Å². The topological polar surface area (TPSA) is 103 Å². The predicted molar refractivity (Wildman–Crippen MR) is 97.7 cm³/mol. The van der Waals surface area contributed by atoms with Crippen LogP contribution in [0.25, 0.3) is 10.9 Å². The van der Waals surface area contributed by atoms with Gasteiger partial charge in [0.05, 0.1) is 5.39 Å². The molecule has 1 aromatic heterocycles. The molecule has 0 saturated carbocycles. The fourth-order valence-corrected chi connectivity index (χ4v) is 2.44. The van der Waals surface area contributed by atoms with Crippen LogP contribution in [0.2, 0.25) is 0 Å². The quantitative estimate of drug-likeness (QED) is 0.639. The highest BCUT2D eigenvalue weighted by Gasteiger charge is 2.12. The molecule has 9 heteroatoms. The molecule has 1 N–H and O–H groups in total. The molecule has 0 atom stereocenters. The third-order valence-electron chi connectivity index (χ3n) is 4.00. The van der Waals surface area contributed by atoms with Crippen LogP contribution in [-0.4, -0.2) is 33.5 Å². The maximum absolute atomic E-state index is 13.5. The fourth-order valence-electron chi connectivity index (χ4n) is 2.44. The first-order valence-corrected chi connectivity index (χ1v) is 8.44. The second-order valence-corrected chi connectivity index (χ2v) is 6.09. The van der Waals surface area contributed by atoms with Gasteiger partial charge in [0.2, 0.25) is 0 Å². The van der Waals surface area contributed by atoms with Gasteiger partial charge in [0.1, 0.15) is 17.9 Å². The minimum absolute atomic E-state index is 0.100. The molecule has 8 nitrogen and oxygen atoms in total. The van der Waals surface area contributed by atoms with Gasteiger partial charge in [0.15, 0.2) is 6.61 Å². The highest BCUT2D eigenvalue weighted by Crippen LogP contribution is 2.08. The van der Waals surface area contributed by atoms with E-state index >= 15 is 0 Å². The fraction of sp³-hybridized carbons (Fsp3) is 0.211. The molecule has 0 fully saturated rings. The van der Waals surface area contributed by atoms with E-state index < -0.39 is 30.6 Å². The van der Waals surface area contributed by atoms with Crippen LogP contribution in [0.5, 0.6) is 0 Å². The Bertz CT molecular complexity index is 1100. The molecule has 0 aliphatic carbocycles. The zero-order valence-electron chi connectivity index (χ0n) is 15.0. The lowest BCUT2D eigenvalue weighted by Crippen LogP contribution is -2.32. The van der Waals surface area contributed by atoms with Crippen LogP contribution in [0.4, 0.5) is 4.39 Å². The van der Waals surface area contributed by atoms with Gasteiger partial charge < -0.3 is 10.1 Å². The van der Waals surface area contributed by atoms with Crippen LogP contribution in [-0.2, 0) is 27.4 Å². The maximum Gasteiger partial charge on any atom is 0.328 e. The number of hydrogen-bond donors (Lipinski definition) is 1. The van der Waals surface area contributed by atoms with Crippen molar-refractivity contribution in [1.82, 2.24) is 20.3 Å². The average Bonchev–Trinajstić information content (AvgIpc) is 2.69. The molecule has 1 amide bonds. The number of nitrogens with zero attached hydrogens (tertiary/aromatic N) is 3. The SMILES string of the molecule is Cc1ccc(CNC(=O)COC(=O)Cn2nnc3ccccc3c2=O)cc1F. The molecule has 2 aromatic carbocycles. The van der Waals surface area contributed by atoms with Crippen molar-refractivity contribution in [2.75, 3.05) is 6.61 Å². The number of aromatic nitrogens is 3. The average molecular weight is 384 g/mol. The van der Waals surface area contributed by atoms with Crippen molar-refractivity contribution in [3.8, 4) is 0 Å². The Kier molecular flexibility index (Phi) is 5.73. The molecule has 0 radical (unpaired) electrons. The molecule has 0 aliphatic heterocycles. The number of rotatable bonds is 6. The standard InChI is InChI=1S/C19H17FN4O4/c1-12-6-7-13(8-15(12)20)9-21-17(25)11-28-18(26)10-24-19(27)14-4-2-3-5-16(14)22-23-24/h2-8H,9-11H2,1H3,(H,21,25). The Morgan fingerprint density at radius 3 is 2.79 bits per heavy atom. The Balaban J connectivity index is 1.51. The van der Waals surface area contributed by atoms with Crippen molar-refractivity contribution in [2.45, 2.75) is 20.0 Å². The molecule has 144 valence electrons. The number of aryl methyl sites for hydroxylation is 1. The lowest BCUT2D eigenvalue weighted by atomic mass is 10.1. The van der Waals surface area contributed by atoms with Gasteiger partial charge in [0.25, 0.3) is 11.5 Å². The van der Waals surface area contributed by atoms with E-state index in [-0.39, 0.29) is 12.4 Å². The summed E-state index contributed by atoms with van der Waals surface area (Å²) in [5, 5.41) is 10.4. The van der Waals surface area contributed by atoms with Crippen LogP contribution in [0, 0.1) is 12.7 Å². The monoisotopic (exact) mass is 384 g/mol. The zero-order chi connectivity index (χ0) is 20.1. The number of carbonyl (C=O) groups is 2. The first kappa shape index (κ1) is 19.2. The highest BCUT2D eigenvalue weighted by molar-refractivity contribution is 5.80. The van der Waals surface area contributed by atoms with Gasteiger partial charge in [-0.3, -0.25) is 14.4 Å². The summed E-state index contributed by atoms with van der Waals surface area (Å²) < 4.78 is 19.2. The minimum Gasteiger partial charge on any atom is -0.454 e. The Hall–Kier alpha value is -3.62. The van der Waals surface area contributed by atoms with Crippen LogP contribution in [0.1, 0.15) is 11.1 Å². The lowest BCUT2D eigenvalue weighted by molar-refractivity contribution is -0.149. The number of ether oxygens (including phenoxy) is 1. The molecule has 0 bridgehead atoms. The number of hydrogen-bond acceptors (Lipinski definition) is 6. The van der Waals surface area contributed by atoms with Gasteiger partial charge in [0, 0.05) is 6.54 Å². The van der Waals surface area contributed by atoms with E-state index in [2.05, 4.69) is 15.6 Å². The van der Waals surface area contributed by atoms with Crippen LogP contribution in [0.15, 0.2) is 47.3 Å². The van der Waals surface area contributed by atoms with E-state index in [9.17, 15) is 18.8 Å². The molecule has 28 heavy (non-hydrogen) atoms. The largest absolute Gasteiger partial charge is 0.454 e. The summed E-state index contributed by atoms with van der Waals surface area (Å²) in [6, 6.07) is 11.2. The van der Waals surface area contributed by atoms with Crippen molar-refractivity contribution in [2.24, 2.45) is 0 Å². The molecule has 0 spiro atoms. The number of carbonyl (C=O) groups excluding carboxylic acids is 2. The molecule has 3 rings (SSSR count). The van der Waals surface area contributed by atoms with Gasteiger partial charge in [-0.25, -0.2) is 4.39 Å². The molecule has 0 saturated heterocycles. The van der Waals surface area contributed by atoms with E-state index in [1.165, 1.54) is 6.07 Å². The van der Waals surface area contributed by atoms with E-state index in [1.54, 1.807) is 43.3 Å². The van der Waals surface area contributed by atoms with Gasteiger partial charge in [-0.15, -0.1) is 5.10 Å². The normalized spacial score (nSPS) is 10.6. The Morgan fingerprint density at radius 2 is 2.00 bits per heavy atom. The van der Waals surface area contributed by atoms with Crippen LogP contribution in [0.3, 0.4) is 0 Å². The van der Waals surface area contributed by atoms with E-state index in [0.717, 1.165) is 4.68 Å². The summed E-state index contributed by atoms with van der Waals surface area (Å²) in [6.07, 6.45) is 0. The Morgan fingerprint density at radius 1 is 1.21 bits per heavy atom. The van der Waals surface area contributed by atoms with Gasteiger partial charge >= 0.3 is 5.97 Å². The molecule has 3 aromatic rings. The number of nitrogens with one attached hydrogen (secondary N) is 1. The minimum atomic E-state index is -0.803. The number of amides is 1. The van der Waals surface area contributed by atoms with Gasteiger partial charge in [-0.2, -0.15) is 4.68 Å². The summed E-state index contributed by atoms with van der Waals surface area (Å²) in [7, 11) is 0. The first-order chi connectivity index (χ1) is 13.4. The van der Waals surface area contributed by atoms with Crippen molar-refractivity contribution in [3.63, 3.8) is 0 Å². The summed E-state index contributed by atoms with van der Waals surface area (Å²) in [5.74, 6) is -1.71. The number of esters is 1. The highest BCUT2D eigenvalue weighted by atomic mass is 19.1. The van der Waals surface area contributed by atoms with Crippen molar-refractivity contribution in [3.05, 3.63) is 69.8 Å². The van der Waals surface area contributed by atoms with Crippen molar-refractivity contribution < 1.29 is 18.7 Å². The van der Waals surface area contributed by atoms with Gasteiger partial charge in [-0.05, 0) is 36.2 Å². The van der Waals surface area contributed by atoms with Crippen molar-refractivity contribution >= 4 is 22.8 Å². The number of benzene rings is 2. The van der Waals surface area contributed by atoms with E-state index in [1.807, 2.05) is 0 Å². The lowest BCUT2D eigenvalue weighted by Gasteiger charge is -2.08. The third kappa shape index (κ3) is 4.56. The summed E-state index contributed by atoms with van der Waals surface area (Å²) in [5.41, 5.74) is 1.04. The summed E-state index contributed by atoms with van der Waals surface area (Å²) >= 11 is 0. The van der Waals surface area contributed by atoms with E-state index in [4.69, 9.17) is 4.74 Å². The van der Waals surface area contributed by atoms with Gasteiger partial charge in [-0.1, -0.05) is 29.5 Å². The molecular weight excluding hydrogens is 367 g/mol. The second-order valence-electron chi connectivity index (χ2n) is 6.09. The smallest absolute Gasteiger partial charge is 0.328 e. The number of fused-ring (bicyclic) bond motifs is 1. The maximum atomic E-state index is 13.5. The molecule has 1 heterocycles. The van der Waals surface area contributed by atoms with E-state index in [0.29, 0.717) is 22.0 Å². The summed E-state index contributed by atoms with van der Waals surface area (Å²) in [4.78, 5) is 35.9. The second kappa shape index (κ2) is 8.38. The molecule has 0 unspecified atom stereocenters. The molecule has 0 aliphatic rings. The molecular formula is C19H17FN4O4. The predicted octanol–water partition coefficient (Wildman–Crippen LogP) is 1.10. The third-order valence-corrected chi connectivity index (χ3v) is 4.00. The number of halogens is 1. The summed E-state index contributed by atoms with van der Waals surface area (Å²) in [6.45, 7) is 0.752.